The molecular formula is C23H33N3O3S. The number of sulfonamides is 1. The highest BCUT2D eigenvalue weighted by atomic mass is 32.2. The summed E-state index contributed by atoms with van der Waals surface area (Å²) in [5.41, 5.74) is 2.94. The fraction of sp³-hybridized carbons (Fsp3) is 0.435. The Bertz CT molecular complexity index is 884. The van der Waals surface area contributed by atoms with Crippen LogP contribution in [0.4, 0.5) is 11.4 Å². The smallest absolute Gasteiger partial charge is 0.232 e. The monoisotopic (exact) mass is 431 g/mol. The maximum absolute atomic E-state index is 12.2. The third-order valence-electron chi connectivity index (χ3n) is 4.99. The molecule has 1 amide bonds. The molecule has 7 heteroatoms. The summed E-state index contributed by atoms with van der Waals surface area (Å²) >= 11 is 0. The average molecular weight is 432 g/mol. The van der Waals surface area contributed by atoms with Gasteiger partial charge in [0, 0.05) is 38.8 Å². The van der Waals surface area contributed by atoms with Crippen molar-refractivity contribution in [2.24, 2.45) is 0 Å². The summed E-state index contributed by atoms with van der Waals surface area (Å²) in [6.45, 7) is 3.79. The molecule has 0 aliphatic heterocycles. The maximum Gasteiger partial charge on any atom is 0.232 e. The molecule has 0 aliphatic carbocycles. The Morgan fingerprint density at radius 2 is 1.60 bits per heavy atom. The molecule has 164 valence electrons. The lowest BCUT2D eigenvalue weighted by atomic mass is 10.1. The first kappa shape index (κ1) is 23.7. The van der Waals surface area contributed by atoms with Crippen molar-refractivity contribution in [3.63, 3.8) is 0 Å². The predicted octanol–water partition coefficient (Wildman–Crippen LogP) is 3.44. The number of hydrogen-bond acceptors (Lipinski definition) is 4. The van der Waals surface area contributed by atoms with Gasteiger partial charge in [-0.1, -0.05) is 37.3 Å². The first-order valence-corrected chi connectivity index (χ1v) is 12.3. The lowest BCUT2D eigenvalue weighted by Crippen LogP contribution is -2.32. The molecular weight excluding hydrogens is 398 g/mol. The average Bonchev–Trinajstić information content (AvgIpc) is 2.74. The van der Waals surface area contributed by atoms with E-state index in [0.717, 1.165) is 30.6 Å². The second-order valence-electron chi connectivity index (χ2n) is 7.42. The van der Waals surface area contributed by atoms with Gasteiger partial charge < -0.3 is 10.2 Å². The quantitative estimate of drug-likeness (QED) is 0.523. The Kier molecular flexibility index (Phi) is 9.17. The minimum absolute atomic E-state index is 0.0489. The van der Waals surface area contributed by atoms with E-state index in [1.807, 2.05) is 49.5 Å². The number of hydrogen-bond donors (Lipinski definition) is 1. The Balaban J connectivity index is 1.73. The van der Waals surface area contributed by atoms with Crippen LogP contribution in [0.5, 0.6) is 0 Å². The number of rotatable bonds is 12. The van der Waals surface area contributed by atoms with Crippen molar-refractivity contribution in [1.82, 2.24) is 5.32 Å². The molecule has 0 spiro atoms. The van der Waals surface area contributed by atoms with Crippen molar-refractivity contribution >= 4 is 27.3 Å². The Labute approximate surface area is 180 Å². The van der Waals surface area contributed by atoms with Crippen LogP contribution in [0, 0.1) is 0 Å². The minimum Gasteiger partial charge on any atom is -0.375 e. The zero-order chi connectivity index (χ0) is 22.0. The van der Waals surface area contributed by atoms with Gasteiger partial charge in [0.2, 0.25) is 15.9 Å². The van der Waals surface area contributed by atoms with Gasteiger partial charge in [-0.15, -0.1) is 0 Å². The fourth-order valence-corrected chi connectivity index (χ4v) is 4.18. The van der Waals surface area contributed by atoms with Crippen LogP contribution in [0.2, 0.25) is 0 Å². The standard InChI is InChI=1S/C23H33N3O3S/c1-4-20-13-15-22(16-14-20)26(30(3,28)29)19-8-12-23(27)24-17-9-18-25(2)21-10-6-5-7-11-21/h5-7,10-11,13-16H,4,8-9,12,17-19H2,1-3H3,(H,24,27). The summed E-state index contributed by atoms with van der Waals surface area (Å²) in [6, 6.07) is 17.6. The summed E-state index contributed by atoms with van der Waals surface area (Å²) in [4.78, 5) is 14.3. The largest absolute Gasteiger partial charge is 0.375 e. The lowest BCUT2D eigenvalue weighted by Gasteiger charge is -2.22. The van der Waals surface area contributed by atoms with E-state index in [-0.39, 0.29) is 12.5 Å². The van der Waals surface area contributed by atoms with Gasteiger partial charge in [0.15, 0.2) is 0 Å². The van der Waals surface area contributed by atoms with Gasteiger partial charge in [-0.25, -0.2) is 8.42 Å². The van der Waals surface area contributed by atoms with Crippen molar-refractivity contribution in [1.29, 1.82) is 0 Å². The first-order valence-electron chi connectivity index (χ1n) is 10.4. The van der Waals surface area contributed by atoms with Gasteiger partial charge in [-0.2, -0.15) is 0 Å². The van der Waals surface area contributed by atoms with Crippen LogP contribution in [0.25, 0.3) is 0 Å². The van der Waals surface area contributed by atoms with E-state index in [1.165, 1.54) is 10.6 Å². The van der Waals surface area contributed by atoms with Gasteiger partial charge in [-0.3, -0.25) is 9.10 Å². The molecule has 30 heavy (non-hydrogen) atoms. The Morgan fingerprint density at radius 1 is 0.933 bits per heavy atom. The van der Waals surface area contributed by atoms with Crippen molar-refractivity contribution in [3.05, 3.63) is 60.2 Å². The number of nitrogens with zero attached hydrogens (tertiary/aromatic N) is 2. The zero-order valence-corrected chi connectivity index (χ0v) is 19.0. The number of benzene rings is 2. The molecule has 2 aromatic carbocycles. The third-order valence-corrected chi connectivity index (χ3v) is 6.18. The summed E-state index contributed by atoms with van der Waals surface area (Å²) in [6.07, 6.45) is 3.72. The number of carbonyl (C=O) groups is 1. The lowest BCUT2D eigenvalue weighted by molar-refractivity contribution is -0.121. The van der Waals surface area contributed by atoms with Crippen LogP contribution in [-0.4, -0.2) is 47.3 Å². The van der Waals surface area contributed by atoms with Gasteiger partial charge in [0.25, 0.3) is 0 Å². The fourth-order valence-electron chi connectivity index (χ4n) is 3.21. The highest BCUT2D eigenvalue weighted by molar-refractivity contribution is 7.92. The molecule has 2 rings (SSSR count). The summed E-state index contributed by atoms with van der Waals surface area (Å²) in [5, 5.41) is 2.92. The zero-order valence-electron chi connectivity index (χ0n) is 18.2. The van der Waals surface area contributed by atoms with Crippen molar-refractivity contribution in [2.75, 3.05) is 42.1 Å². The van der Waals surface area contributed by atoms with E-state index in [4.69, 9.17) is 0 Å². The Morgan fingerprint density at radius 3 is 2.20 bits per heavy atom. The summed E-state index contributed by atoms with van der Waals surface area (Å²) < 4.78 is 25.7. The van der Waals surface area contributed by atoms with Gasteiger partial charge in [0.1, 0.15) is 0 Å². The minimum atomic E-state index is -3.40. The molecule has 6 nitrogen and oxygen atoms in total. The summed E-state index contributed by atoms with van der Waals surface area (Å²) in [7, 11) is -1.36. The number of amides is 1. The van der Waals surface area contributed by atoms with E-state index in [2.05, 4.69) is 29.3 Å². The predicted molar refractivity (Wildman–Crippen MR) is 125 cm³/mol. The van der Waals surface area contributed by atoms with Crippen LogP contribution in [0.15, 0.2) is 54.6 Å². The van der Waals surface area contributed by atoms with Crippen LogP contribution in [-0.2, 0) is 21.2 Å². The molecule has 2 aromatic rings. The third kappa shape index (κ3) is 7.71. The van der Waals surface area contributed by atoms with Crippen LogP contribution in [0.3, 0.4) is 0 Å². The molecule has 0 aliphatic rings. The second-order valence-corrected chi connectivity index (χ2v) is 9.33. The normalized spacial score (nSPS) is 11.2. The summed E-state index contributed by atoms with van der Waals surface area (Å²) in [5.74, 6) is -0.0489. The number of para-hydroxylation sites is 1. The van der Waals surface area contributed by atoms with E-state index in [1.54, 1.807) is 0 Å². The van der Waals surface area contributed by atoms with Gasteiger partial charge in [-0.05, 0) is 49.1 Å². The first-order chi connectivity index (χ1) is 14.3. The maximum atomic E-state index is 12.2. The van der Waals surface area contributed by atoms with Crippen molar-refractivity contribution in [2.45, 2.75) is 32.6 Å². The SMILES string of the molecule is CCc1ccc(N(CCCC(=O)NCCCN(C)c2ccccc2)S(C)(=O)=O)cc1. The molecule has 0 atom stereocenters. The van der Waals surface area contributed by atoms with Gasteiger partial charge in [0.05, 0.1) is 11.9 Å². The van der Waals surface area contributed by atoms with E-state index < -0.39 is 10.0 Å². The molecule has 0 heterocycles. The molecule has 0 saturated carbocycles. The molecule has 0 bridgehead atoms. The number of nitrogens with one attached hydrogen (secondary N) is 1. The van der Waals surface area contributed by atoms with Crippen LogP contribution >= 0.6 is 0 Å². The Hall–Kier alpha value is -2.54. The number of anilines is 2. The van der Waals surface area contributed by atoms with E-state index in [9.17, 15) is 13.2 Å². The highest BCUT2D eigenvalue weighted by Crippen LogP contribution is 2.19. The molecule has 0 aromatic heterocycles. The van der Waals surface area contributed by atoms with Crippen LogP contribution in [0.1, 0.15) is 31.7 Å². The molecule has 0 unspecified atom stereocenters. The number of aryl methyl sites for hydroxylation is 1. The van der Waals surface area contributed by atoms with E-state index >= 15 is 0 Å². The second kappa shape index (κ2) is 11.6. The van der Waals surface area contributed by atoms with Crippen molar-refractivity contribution < 1.29 is 13.2 Å². The van der Waals surface area contributed by atoms with Crippen LogP contribution < -0.4 is 14.5 Å². The van der Waals surface area contributed by atoms with E-state index in [0.29, 0.717) is 25.1 Å². The van der Waals surface area contributed by atoms with Crippen molar-refractivity contribution in [3.8, 4) is 0 Å². The molecule has 0 saturated heterocycles. The highest BCUT2D eigenvalue weighted by Gasteiger charge is 2.17. The topological polar surface area (TPSA) is 69.7 Å². The molecule has 0 radical (unpaired) electrons. The van der Waals surface area contributed by atoms with Gasteiger partial charge >= 0.3 is 0 Å². The number of carbonyl (C=O) groups excluding carboxylic acids is 1. The molecule has 1 N–H and O–H groups in total. The molecule has 0 fully saturated rings.